The van der Waals surface area contributed by atoms with E-state index in [9.17, 15) is 5.11 Å². The summed E-state index contributed by atoms with van der Waals surface area (Å²) in [6.07, 6.45) is 2.19. The molecule has 1 unspecified atom stereocenters. The van der Waals surface area contributed by atoms with Crippen molar-refractivity contribution in [2.45, 2.75) is 19.1 Å². The fraction of sp³-hybridized carbons (Fsp3) is 0.400. The van der Waals surface area contributed by atoms with Crippen LogP contribution >= 0.6 is 0 Å². The second kappa shape index (κ2) is 6.15. The molecule has 0 aromatic carbocycles. The van der Waals surface area contributed by atoms with Crippen molar-refractivity contribution in [2.24, 2.45) is 0 Å². The Morgan fingerprint density at radius 1 is 1.43 bits per heavy atom. The Morgan fingerprint density at radius 3 is 2.71 bits per heavy atom. The van der Waals surface area contributed by atoms with Crippen LogP contribution in [0.3, 0.4) is 0 Å². The number of rotatable bonds is 6. The van der Waals surface area contributed by atoms with Crippen molar-refractivity contribution in [3.8, 4) is 5.75 Å². The van der Waals surface area contributed by atoms with E-state index >= 15 is 0 Å². The molecule has 1 N–H and O–H groups in total. The van der Waals surface area contributed by atoms with Gasteiger partial charge in [-0.1, -0.05) is 11.2 Å². The predicted molar refractivity (Wildman–Crippen MR) is 77.2 cm³/mol. The molecule has 2 aromatic rings. The molecule has 114 valence electrons. The first-order valence-electron chi connectivity index (χ1n) is 6.55. The Morgan fingerprint density at radius 2 is 2.14 bits per heavy atom. The van der Waals surface area contributed by atoms with Crippen molar-refractivity contribution in [3.05, 3.63) is 47.8 Å². The average molecular weight is 292 g/mol. The van der Waals surface area contributed by atoms with Gasteiger partial charge in [0.15, 0.2) is 17.3 Å². The SMILES string of the molecule is C=C[C@@H](c1onc(C)c1C(O)c1occc1OC)N(C)C. The number of likely N-dealkylation sites (N-methyl/N-ethyl adjacent to an activating group) is 1. The van der Waals surface area contributed by atoms with Crippen LogP contribution in [0.25, 0.3) is 0 Å². The molecule has 21 heavy (non-hydrogen) atoms. The number of aryl methyl sites for hydroxylation is 1. The average Bonchev–Trinajstić information content (AvgIpc) is 3.05. The summed E-state index contributed by atoms with van der Waals surface area (Å²) >= 11 is 0. The first-order chi connectivity index (χ1) is 10.0. The van der Waals surface area contributed by atoms with Crippen LogP contribution in [0.4, 0.5) is 0 Å². The van der Waals surface area contributed by atoms with Crippen LogP contribution in [0.15, 0.2) is 33.9 Å². The first-order valence-corrected chi connectivity index (χ1v) is 6.55. The molecule has 2 aromatic heterocycles. The summed E-state index contributed by atoms with van der Waals surface area (Å²) in [5, 5.41) is 14.6. The zero-order chi connectivity index (χ0) is 15.6. The number of methoxy groups -OCH3 is 1. The Bertz CT molecular complexity index is 615. The summed E-state index contributed by atoms with van der Waals surface area (Å²) in [5.41, 5.74) is 1.17. The lowest BCUT2D eigenvalue weighted by atomic mass is 10.0. The summed E-state index contributed by atoms with van der Waals surface area (Å²) in [4.78, 5) is 1.92. The van der Waals surface area contributed by atoms with E-state index in [2.05, 4.69) is 11.7 Å². The Hall–Kier alpha value is -2.05. The third-order valence-corrected chi connectivity index (χ3v) is 3.38. The monoisotopic (exact) mass is 292 g/mol. The number of aliphatic hydroxyl groups excluding tert-OH is 1. The summed E-state index contributed by atoms with van der Waals surface area (Å²) < 4.78 is 15.9. The van der Waals surface area contributed by atoms with Gasteiger partial charge in [0.1, 0.15) is 6.10 Å². The van der Waals surface area contributed by atoms with Gasteiger partial charge in [-0.25, -0.2) is 0 Å². The normalized spacial score (nSPS) is 14.2. The summed E-state index contributed by atoms with van der Waals surface area (Å²) in [7, 11) is 5.32. The summed E-state index contributed by atoms with van der Waals surface area (Å²) in [5.74, 6) is 1.35. The highest BCUT2D eigenvalue weighted by Crippen LogP contribution is 2.37. The maximum absolute atomic E-state index is 10.6. The fourth-order valence-electron chi connectivity index (χ4n) is 2.30. The minimum Gasteiger partial charge on any atom is -0.493 e. The van der Waals surface area contributed by atoms with Gasteiger partial charge >= 0.3 is 0 Å². The van der Waals surface area contributed by atoms with E-state index < -0.39 is 6.10 Å². The number of ether oxygens (including phenoxy) is 1. The molecule has 0 radical (unpaired) electrons. The topological polar surface area (TPSA) is 71.9 Å². The molecule has 0 fully saturated rings. The van der Waals surface area contributed by atoms with Gasteiger partial charge in [0, 0.05) is 6.07 Å². The van der Waals surface area contributed by atoms with E-state index in [0.29, 0.717) is 28.5 Å². The van der Waals surface area contributed by atoms with Crippen LogP contribution in [-0.2, 0) is 0 Å². The van der Waals surface area contributed by atoms with E-state index in [1.807, 2.05) is 19.0 Å². The van der Waals surface area contributed by atoms with Crippen LogP contribution in [0.1, 0.15) is 34.9 Å². The molecule has 0 aliphatic rings. The maximum atomic E-state index is 10.6. The zero-order valence-electron chi connectivity index (χ0n) is 12.7. The molecule has 0 saturated carbocycles. The number of aliphatic hydroxyl groups is 1. The molecule has 0 aliphatic heterocycles. The van der Waals surface area contributed by atoms with E-state index in [0.717, 1.165) is 0 Å². The van der Waals surface area contributed by atoms with E-state index in [1.54, 1.807) is 19.1 Å². The minimum absolute atomic E-state index is 0.197. The van der Waals surface area contributed by atoms with Gasteiger partial charge in [0.2, 0.25) is 0 Å². The van der Waals surface area contributed by atoms with Crippen molar-refractivity contribution in [3.63, 3.8) is 0 Å². The first kappa shape index (κ1) is 15.3. The van der Waals surface area contributed by atoms with E-state index in [-0.39, 0.29) is 6.04 Å². The molecule has 2 heterocycles. The predicted octanol–water partition coefficient (Wildman–Crippen LogP) is 2.46. The van der Waals surface area contributed by atoms with Gasteiger partial charge in [0.05, 0.1) is 30.7 Å². The van der Waals surface area contributed by atoms with Crippen molar-refractivity contribution < 1.29 is 18.8 Å². The lowest BCUT2D eigenvalue weighted by Gasteiger charge is -2.20. The molecule has 0 bridgehead atoms. The third-order valence-electron chi connectivity index (χ3n) is 3.38. The lowest BCUT2D eigenvalue weighted by Crippen LogP contribution is -2.19. The molecule has 2 atom stereocenters. The van der Waals surface area contributed by atoms with Gasteiger partial charge in [0.25, 0.3) is 0 Å². The van der Waals surface area contributed by atoms with Crippen LogP contribution in [-0.4, -0.2) is 36.4 Å². The Labute approximate surface area is 123 Å². The van der Waals surface area contributed by atoms with Gasteiger partial charge in [-0.3, -0.25) is 4.90 Å². The van der Waals surface area contributed by atoms with Crippen LogP contribution in [0.5, 0.6) is 5.75 Å². The van der Waals surface area contributed by atoms with Gasteiger partial charge in [-0.15, -0.1) is 6.58 Å². The Kier molecular flexibility index (Phi) is 4.50. The van der Waals surface area contributed by atoms with Gasteiger partial charge < -0.3 is 18.8 Å². The van der Waals surface area contributed by atoms with Crippen molar-refractivity contribution in [1.29, 1.82) is 0 Å². The largest absolute Gasteiger partial charge is 0.493 e. The maximum Gasteiger partial charge on any atom is 0.178 e. The number of furan rings is 1. The molecule has 6 nitrogen and oxygen atoms in total. The number of hydrogen-bond acceptors (Lipinski definition) is 6. The third kappa shape index (κ3) is 2.72. The van der Waals surface area contributed by atoms with Gasteiger partial charge in [-0.05, 0) is 21.0 Å². The zero-order valence-corrected chi connectivity index (χ0v) is 12.7. The molecule has 0 saturated heterocycles. The second-order valence-corrected chi connectivity index (χ2v) is 4.95. The van der Waals surface area contributed by atoms with E-state index in [4.69, 9.17) is 13.7 Å². The molecule has 0 aliphatic carbocycles. The van der Waals surface area contributed by atoms with Crippen molar-refractivity contribution in [2.75, 3.05) is 21.2 Å². The van der Waals surface area contributed by atoms with Crippen molar-refractivity contribution in [1.82, 2.24) is 10.1 Å². The summed E-state index contributed by atoms with van der Waals surface area (Å²) in [6.45, 7) is 5.58. The molecular formula is C15H20N2O4. The smallest absolute Gasteiger partial charge is 0.178 e. The molecule has 2 rings (SSSR count). The minimum atomic E-state index is -1.02. The highest BCUT2D eigenvalue weighted by atomic mass is 16.5. The molecule has 0 amide bonds. The van der Waals surface area contributed by atoms with Gasteiger partial charge in [-0.2, -0.15) is 0 Å². The molecular weight excluding hydrogens is 272 g/mol. The quantitative estimate of drug-likeness (QED) is 0.825. The highest BCUT2D eigenvalue weighted by molar-refractivity contribution is 5.38. The fourth-order valence-corrected chi connectivity index (χ4v) is 2.30. The summed E-state index contributed by atoms with van der Waals surface area (Å²) in [6, 6.07) is 1.45. The molecule has 0 spiro atoms. The second-order valence-electron chi connectivity index (χ2n) is 4.95. The lowest BCUT2D eigenvalue weighted by molar-refractivity contribution is 0.176. The standard InChI is InChI=1S/C15H20N2O4/c1-6-10(17(3)4)14-12(9(2)16-21-14)13(18)15-11(19-5)7-8-20-15/h6-8,10,13,18H,1H2,2-5H3/t10-,13?/m0/s1. The van der Waals surface area contributed by atoms with Crippen LogP contribution in [0, 0.1) is 6.92 Å². The molecule has 6 heteroatoms. The Balaban J connectivity index is 2.49. The number of hydrogen-bond donors (Lipinski definition) is 1. The van der Waals surface area contributed by atoms with Crippen LogP contribution in [0.2, 0.25) is 0 Å². The number of aromatic nitrogens is 1. The van der Waals surface area contributed by atoms with Crippen molar-refractivity contribution >= 4 is 0 Å². The van der Waals surface area contributed by atoms with E-state index in [1.165, 1.54) is 13.4 Å². The number of nitrogens with zero attached hydrogens (tertiary/aromatic N) is 2. The van der Waals surface area contributed by atoms with Crippen LogP contribution < -0.4 is 4.74 Å². The highest BCUT2D eigenvalue weighted by Gasteiger charge is 2.30.